The van der Waals surface area contributed by atoms with Crippen molar-refractivity contribution in [2.24, 2.45) is 0 Å². The zero-order valence-electron chi connectivity index (χ0n) is 33.1. The van der Waals surface area contributed by atoms with Gasteiger partial charge in [-0.25, -0.2) is 0 Å². The molecule has 2 aromatic heterocycles. The number of hydrogen-bond donors (Lipinski definition) is 0. The summed E-state index contributed by atoms with van der Waals surface area (Å²) in [5, 5.41) is 9.37. The molecule has 0 saturated heterocycles. The highest BCUT2D eigenvalue weighted by Crippen LogP contribution is 2.35. The van der Waals surface area contributed by atoms with Crippen molar-refractivity contribution >= 4 is 43.6 Å². The maximum absolute atomic E-state index is 10.2. The minimum absolute atomic E-state index is 0.0502. The van der Waals surface area contributed by atoms with Gasteiger partial charge in [0.1, 0.15) is 0 Å². The summed E-state index contributed by atoms with van der Waals surface area (Å²) in [4.78, 5) is 0. The zero-order chi connectivity index (χ0) is 36.6. The molecule has 0 N–H and O–H groups in total. The van der Waals surface area contributed by atoms with Crippen LogP contribution in [0, 0.1) is 11.3 Å². The smallest absolute Gasteiger partial charge is 0.0993 e. The van der Waals surface area contributed by atoms with E-state index >= 15 is 0 Å². The Hall–Kier alpha value is -4.81. The predicted octanol–water partition coefficient (Wildman–Crippen LogP) is 7.75. The Labute approximate surface area is 218 Å². The summed E-state index contributed by atoms with van der Waals surface area (Å²) in [5.41, 5.74) is -1.13. The van der Waals surface area contributed by atoms with E-state index in [1.165, 1.54) is 27.3 Å². The lowest BCUT2D eigenvalue weighted by Gasteiger charge is -2.13. The minimum atomic E-state index is -0.659. The lowest BCUT2D eigenvalue weighted by molar-refractivity contribution is 1.13. The van der Waals surface area contributed by atoms with Gasteiger partial charge in [-0.15, -0.1) is 0 Å². The first-order valence-corrected chi connectivity index (χ1v) is 10.0. The third-order valence-corrected chi connectivity index (χ3v) is 5.61. The van der Waals surface area contributed by atoms with E-state index in [0.29, 0.717) is 0 Å². The number of hydrogen-bond acceptors (Lipinski definition) is 1. The van der Waals surface area contributed by atoms with Gasteiger partial charge in [0.25, 0.3) is 0 Å². The fourth-order valence-electron chi connectivity index (χ4n) is 4.28. The number of fused-ring (bicyclic) bond motifs is 6. The quantitative estimate of drug-likeness (QED) is 0.266. The van der Waals surface area contributed by atoms with Gasteiger partial charge in [0.15, 0.2) is 0 Å². The molecule has 34 heavy (non-hydrogen) atoms. The molecule has 5 aromatic carbocycles. The summed E-state index contributed by atoms with van der Waals surface area (Å²) < 4.78 is 139. The largest absolute Gasteiger partial charge is 0.309 e. The van der Waals surface area contributed by atoms with Crippen LogP contribution in [0.3, 0.4) is 0 Å². The molecule has 7 rings (SSSR count). The van der Waals surface area contributed by atoms with Crippen molar-refractivity contribution in [3.05, 3.63) is 120 Å². The van der Waals surface area contributed by atoms with Crippen molar-refractivity contribution in [2.75, 3.05) is 0 Å². The van der Waals surface area contributed by atoms with E-state index in [4.69, 9.17) is 21.9 Å². The topological polar surface area (TPSA) is 33.6 Å². The van der Waals surface area contributed by atoms with Gasteiger partial charge in [0.2, 0.25) is 0 Å². The number of nitriles is 1. The lowest BCUT2D eigenvalue weighted by atomic mass is 10.1. The highest BCUT2D eigenvalue weighted by molar-refractivity contribution is 6.10. The van der Waals surface area contributed by atoms with Crippen molar-refractivity contribution < 1.29 is 21.9 Å². The molecule has 0 atom stereocenters. The molecule has 0 aliphatic carbocycles. The second-order valence-electron chi connectivity index (χ2n) is 7.42. The van der Waals surface area contributed by atoms with E-state index in [2.05, 4.69) is 0 Å². The van der Waals surface area contributed by atoms with E-state index in [0.717, 1.165) is 0 Å². The third kappa shape index (κ3) is 2.57. The average molecular weight is 450 g/mol. The number of benzene rings is 5. The zero-order valence-corrected chi connectivity index (χ0v) is 17.1. The highest BCUT2D eigenvalue weighted by Gasteiger charge is 2.16. The molecule has 0 aliphatic heterocycles. The van der Waals surface area contributed by atoms with Crippen LogP contribution in [-0.4, -0.2) is 9.13 Å². The van der Waals surface area contributed by atoms with E-state index in [-0.39, 0.29) is 60.5 Å². The Kier molecular flexibility index (Phi) is 1.85. The van der Waals surface area contributed by atoms with Crippen LogP contribution in [0.25, 0.3) is 55.0 Å². The summed E-state index contributed by atoms with van der Waals surface area (Å²) in [6, 6.07) is -3.92. The molecule has 0 spiro atoms. The van der Waals surface area contributed by atoms with Gasteiger partial charge >= 0.3 is 0 Å². The molecule has 3 heteroatoms. The molecule has 0 saturated carbocycles. The third-order valence-electron chi connectivity index (χ3n) is 5.61. The average Bonchev–Trinajstić information content (AvgIpc) is 3.66. The monoisotopic (exact) mass is 449 g/mol. The van der Waals surface area contributed by atoms with Crippen LogP contribution in [0.4, 0.5) is 0 Å². The molecule has 158 valence electrons. The molecule has 7 aromatic rings. The molecule has 0 radical (unpaired) electrons. The van der Waals surface area contributed by atoms with E-state index in [9.17, 15) is 5.26 Å². The van der Waals surface area contributed by atoms with Gasteiger partial charge in [-0.3, -0.25) is 0 Å². The molecule has 2 heterocycles. The van der Waals surface area contributed by atoms with Gasteiger partial charge in [-0.2, -0.15) is 5.26 Å². The van der Waals surface area contributed by atoms with Crippen LogP contribution in [0.1, 0.15) is 27.5 Å². The summed E-state index contributed by atoms with van der Waals surface area (Å²) in [6.07, 6.45) is 0. The Morgan fingerprint density at radius 2 is 0.824 bits per heavy atom. The molecule has 3 nitrogen and oxygen atoms in total. The Balaban J connectivity index is 1.76. The summed E-state index contributed by atoms with van der Waals surface area (Å²) in [5.74, 6) is 0. The van der Waals surface area contributed by atoms with Gasteiger partial charge in [0, 0.05) is 32.9 Å². The second-order valence-corrected chi connectivity index (χ2v) is 7.42. The van der Waals surface area contributed by atoms with Crippen LogP contribution in [0.15, 0.2) is 115 Å². The van der Waals surface area contributed by atoms with Crippen LogP contribution < -0.4 is 0 Å². The predicted molar refractivity (Wildman–Crippen MR) is 140 cm³/mol. The first kappa shape index (κ1) is 8.85. The molecule has 0 bridgehead atoms. The van der Waals surface area contributed by atoms with Crippen molar-refractivity contribution in [3.63, 3.8) is 0 Å². The van der Waals surface area contributed by atoms with Crippen LogP contribution in [-0.2, 0) is 0 Å². The van der Waals surface area contributed by atoms with Crippen LogP contribution in [0.5, 0.6) is 0 Å². The number of nitrogens with zero attached hydrogens (tertiary/aromatic N) is 3. The van der Waals surface area contributed by atoms with Gasteiger partial charge in [0.05, 0.1) is 55.6 Å². The van der Waals surface area contributed by atoms with Gasteiger partial charge in [-0.1, -0.05) is 72.5 Å². The Morgan fingerprint density at radius 3 is 1.15 bits per heavy atom. The molecule has 0 amide bonds. The van der Waals surface area contributed by atoms with Crippen molar-refractivity contribution in [3.8, 4) is 17.4 Å². The number of para-hydroxylation sites is 4. The molecule has 0 fully saturated rings. The number of aromatic nitrogens is 2. The maximum atomic E-state index is 10.2. The van der Waals surface area contributed by atoms with E-state index in [1.807, 2.05) is 6.07 Å². The standard InChI is InChI=1S/C31H19N3/c32-20-21-17-22(33-28-13-5-1-9-24(28)25-10-2-6-14-29(25)33)19-23(18-21)34-30-15-7-3-11-26(30)27-12-4-8-16-31(27)34/h1-19H/i1D,2D,3D,4D,5D,6D,7D,8D,9D,10D,11D,12D,13D,14D,15D,16D. The second kappa shape index (κ2) is 7.10. The normalized spacial score (nSPS) is 18.1. The molecular formula is C31H19N3. The first-order chi connectivity index (χ1) is 23.5. The Morgan fingerprint density at radius 1 is 0.500 bits per heavy atom. The lowest BCUT2D eigenvalue weighted by Crippen LogP contribution is -2.00. The van der Waals surface area contributed by atoms with E-state index < -0.39 is 96.7 Å². The van der Waals surface area contributed by atoms with Gasteiger partial charge < -0.3 is 9.13 Å². The first-order valence-electron chi connectivity index (χ1n) is 18.0. The van der Waals surface area contributed by atoms with Crippen LogP contribution >= 0.6 is 0 Å². The molecular weight excluding hydrogens is 414 g/mol. The molecule has 0 unspecified atom stereocenters. The van der Waals surface area contributed by atoms with Crippen molar-refractivity contribution in [2.45, 2.75) is 0 Å². The highest BCUT2D eigenvalue weighted by atomic mass is 15.0. The van der Waals surface area contributed by atoms with Crippen LogP contribution in [0.2, 0.25) is 0 Å². The minimum Gasteiger partial charge on any atom is -0.309 e. The Bertz CT molecular complexity index is 2460. The summed E-state index contributed by atoms with van der Waals surface area (Å²) in [6.45, 7) is 0. The van der Waals surface area contributed by atoms with E-state index in [1.54, 1.807) is 0 Å². The number of rotatable bonds is 2. The van der Waals surface area contributed by atoms with Crippen molar-refractivity contribution in [1.29, 1.82) is 5.26 Å². The summed E-state index contributed by atoms with van der Waals surface area (Å²) in [7, 11) is 0. The maximum Gasteiger partial charge on any atom is 0.0993 e. The fourth-order valence-corrected chi connectivity index (χ4v) is 4.28. The van der Waals surface area contributed by atoms with Crippen molar-refractivity contribution in [1.82, 2.24) is 9.13 Å². The summed E-state index contributed by atoms with van der Waals surface area (Å²) >= 11 is 0. The molecule has 0 aliphatic rings. The van der Waals surface area contributed by atoms with Gasteiger partial charge in [-0.05, 0) is 42.4 Å². The SMILES string of the molecule is [2H]c1c([2H])c([2H])c2c(c1[2H])c1c([2H])c([2H])c([2H])c([2H])c1n2-c1cc(C#N)cc(-n2c3c([2H])c([2H])c([2H])c([2H])c3c3c([2H])c([2H])c([2H])c([2H])c32)c1. The fraction of sp³-hybridized carbons (Fsp3) is 0.